The summed E-state index contributed by atoms with van der Waals surface area (Å²) in [5, 5.41) is 12.6. The normalized spacial score (nSPS) is 20.1. The third-order valence-corrected chi connectivity index (χ3v) is 4.40. The van der Waals surface area contributed by atoms with Crippen molar-refractivity contribution in [2.45, 2.75) is 25.8 Å². The van der Waals surface area contributed by atoms with E-state index in [1.807, 2.05) is 6.92 Å². The average molecular weight is 304 g/mol. The standard InChI is InChI=1S/C16H20N2O4/c1-10(18-6-8-22-9-7-18)16(21)12-2-4-13(19)15-11(12)3-5-14(20)17-15/h2,4,10,19H,3,5-9H2,1H3,(H,17,20). The molecule has 1 unspecified atom stereocenters. The Balaban J connectivity index is 1.89. The van der Waals surface area contributed by atoms with Gasteiger partial charge in [0.2, 0.25) is 5.91 Å². The number of hydrogen-bond donors (Lipinski definition) is 2. The van der Waals surface area contributed by atoms with Crippen molar-refractivity contribution in [3.63, 3.8) is 0 Å². The minimum absolute atomic E-state index is 0.0126. The molecular formula is C16H20N2O4. The molecule has 2 N–H and O–H groups in total. The quantitative estimate of drug-likeness (QED) is 0.647. The largest absolute Gasteiger partial charge is 0.506 e. The van der Waals surface area contributed by atoms with Gasteiger partial charge >= 0.3 is 0 Å². The number of aromatic hydroxyl groups is 1. The van der Waals surface area contributed by atoms with Gasteiger partial charge in [0.1, 0.15) is 5.75 Å². The van der Waals surface area contributed by atoms with E-state index in [1.54, 1.807) is 6.07 Å². The number of ether oxygens (including phenoxy) is 1. The van der Waals surface area contributed by atoms with E-state index in [1.165, 1.54) is 6.07 Å². The lowest BCUT2D eigenvalue weighted by molar-refractivity contribution is -0.116. The number of nitrogens with one attached hydrogen (secondary N) is 1. The van der Waals surface area contributed by atoms with Gasteiger partial charge in [-0.2, -0.15) is 0 Å². The second-order valence-electron chi connectivity index (χ2n) is 5.72. The molecule has 1 atom stereocenters. The highest BCUT2D eigenvalue weighted by Gasteiger charge is 2.29. The van der Waals surface area contributed by atoms with Gasteiger partial charge in [-0.15, -0.1) is 0 Å². The van der Waals surface area contributed by atoms with Crippen LogP contribution in [0.1, 0.15) is 29.3 Å². The van der Waals surface area contributed by atoms with Crippen molar-refractivity contribution in [3.05, 3.63) is 23.3 Å². The van der Waals surface area contributed by atoms with Crippen molar-refractivity contribution in [1.82, 2.24) is 4.90 Å². The van der Waals surface area contributed by atoms with Gasteiger partial charge in [0.05, 0.1) is 24.9 Å². The van der Waals surface area contributed by atoms with Gasteiger partial charge in [-0.05, 0) is 31.0 Å². The van der Waals surface area contributed by atoms with Gasteiger partial charge in [-0.3, -0.25) is 14.5 Å². The van der Waals surface area contributed by atoms with Crippen LogP contribution in [-0.4, -0.2) is 54.0 Å². The third-order valence-electron chi connectivity index (χ3n) is 4.40. The molecule has 118 valence electrons. The number of hydrogen-bond acceptors (Lipinski definition) is 5. The van der Waals surface area contributed by atoms with E-state index >= 15 is 0 Å². The Labute approximate surface area is 129 Å². The number of amides is 1. The van der Waals surface area contributed by atoms with Crippen LogP contribution in [0.15, 0.2) is 12.1 Å². The fourth-order valence-corrected chi connectivity index (χ4v) is 3.06. The van der Waals surface area contributed by atoms with E-state index < -0.39 is 0 Å². The molecule has 1 fully saturated rings. The molecule has 0 spiro atoms. The predicted molar refractivity (Wildman–Crippen MR) is 81.2 cm³/mol. The van der Waals surface area contributed by atoms with Gasteiger partial charge < -0.3 is 15.2 Å². The topological polar surface area (TPSA) is 78.9 Å². The summed E-state index contributed by atoms with van der Waals surface area (Å²) in [4.78, 5) is 26.4. The van der Waals surface area contributed by atoms with Crippen LogP contribution in [-0.2, 0) is 16.0 Å². The Kier molecular flexibility index (Phi) is 4.13. The fourth-order valence-electron chi connectivity index (χ4n) is 3.06. The summed E-state index contributed by atoms with van der Waals surface area (Å²) in [6, 6.07) is 2.89. The lowest BCUT2D eigenvalue weighted by Gasteiger charge is -2.32. The first-order valence-electron chi connectivity index (χ1n) is 7.58. The van der Waals surface area contributed by atoms with Crippen molar-refractivity contribution >= 4 is 17.4 Å². The molecule has 0 saturated carbocycles. The minimum atomic E-state index is -0.241. The molecule has 0 radical (unpaired) electrons. The number of ketones is 1. The second kappa shape index (κ2) is 6.06. The van der Waals surface area contributed by atoms with Gasteiger partial charge in [-0.1, -0.05) is 0 Å². The molecule has 2 heterocycles. The molecule has 1 aromatic carbocycles. The fraction of sp³-hybridized carbons (Fsp3) is 0.500. The summed E-state index contributed by atoms with van der Waals surface area (Å²) in [5.74, 6) is -0.0958. The average Bonchev–Trinajstić information content (AvgIpc) is 2.55. The lowest BCUT2D eigenvalue weighted by Crippen LogP contribution is -2.46. The molecule has 6 heteroatoms. The van der Waals surface area contributed by atoms with E-state index in [0.29, 0.717) is 37.3 Å². The van der Waals surface area contributed by atoms with Crippen LogP contribution < -0.4 is 5.32 Å². The maximum atomic E-state index is 12.8. The zero-order valence-corrected chi connectivity index (χ0v) is 12.6. The summed E-state index contributed by atoms with van der Waals surface area (Å²) in [6.45, 7) is 4.66. The van der Waals surface area contributed by atoms with Gasteiger partial charge in [0, 0.05) is 25.1 Å². The minimum Gasteiger partial charge on any atom is -0.506 e. The van der Waals surface area contributed by atoms with Gasteiger partial charge in [0.25, 0.3) is 0 Å². The first-order chi connectivity index (χ1) is 10.6. The lowest BCUT2D eigenvalue weighted by atomic mass is 9.91. The van der Waals surface area contributed by atoms with Crippen LogP contribution >= 0.6 is 0 Å². The van der Waals surface area contributed by atoms with Crippen LogP contribution in [0.2, 0.25) is 0 Å². The summed E-state index contributed by atoms with van der Waals surface area (Å²) in [7, 11) is 0. The number of phenolic OH excluding ortho intramolecular Hbond substituents is 1. The molecule has 0 aliphatic carbocycles. The molecular weight excluding hydrogens is 284 g/mol. The number of carbonyl (C=O) groups is 2. The zero-order valence-electron chi connectivity index (χ0n) is 12.6. The number of nitrogens with zero attached hydrogens (tertiary/aromatic N) is 1. The van der Waals surface area contributed by atoms with Gasteiger partial charge in [-0.25, -0.2) is 0 Å². The van der Waals surface area contributed by atoms with Crippen molar-refractivity contribution in [1.29, 1.82) is 0 Å². The highest BCUT2D eigenvalue weighted by atomic mass is 16.5. The number of carbonyl (C=O) groups excluding carboxylic acids is 2. The molecule has 0 aromatic heterocycles. The summed E-state index contributed by atoms with van der Waals surface area (Å²) < 4.78 is 5.32. The van der Waals surface area contributed by atoms with E-state index in [4.69, 9.17) is 4.74 Å². The summed E-state index contributed by atoms with van der Waals surface area (Å²) >= 11 is 0. The molecule has 0 bridgehead atoms. The van der Waals surface area contributed by atoms with Crippen molar-refractivity contribution in [3.8, 4) is 5.75 Å². The Morgan fingerprint density at radius 1 is 1.32 bits per heavy atom. The third kappa shape index (κ3) is 2.71. The molecule has 6 nitrogen and oxygen atoms in total. The van der Waals surface area contributed by atoms with Crippen LogP contribution in [0.25, 0.3) is 0 Å². The molecule has 22 heavy (non-hydrogen) atoms. The monoisotopic (exact) mass is 304 g/mol. The smallest absolute Gasteiger partial charge is 0.224 e. The van der Waals surface area contributed by atoms with E-state index in [0.717, 1.165) is 18.7 Å². The maximum absolute atomic E-state index is 12.8. The van der Waals surface area contributed by atoms with Crippen molar-refractivity contribution in [2.75, 3.05) is 31.6 Å². The van der Waals surface area contributed by atoms with Crippen LogP contribution in [0.5, 0.6) is 5.75 Å². The van der Waals surface area contributed by atoms with Gasteiger partial charge in [0.15, 0.2) is 5.78 Å². The Hall–Kier alpha value is -1.92. The number of benzene rings is 1. The Bertz CT molecular complexity index is 608. The number of morpholine rings is 1. The number of anilines is 1. The summed E-state index contributed by atoms with van der Waals surface area (Å²) in [6.07, 6.45) is 0.815. The Morgan fingerprint density at radius 2 is 2.05 bits per heavy atom. The molecule has 2 aliphatic heterocycles. The Morgan fingerprint density at radius 3 is 2.77 bits per heavy atom. The highest BCUT2D eigenvalue weighted by Crippen LogP contribution is 2.35. The van der Waals surface area contributed by atoms with Crippen LogP contribution in [0.4, 0.5) is 5.69 Å². The SMILES string of the molecule is CC(C(=O)c1ccc(O)c2c1CCC(=O)N2)N1CCOCC1. The predicted octanol–water partition coefficient (Wildman–Crippen LogP) is 1.18. The molecule has 1 aromatic rings. The van der Waals surface area contributed by atoms with E-state index in [9.17, 15) is 14.7 Å². The number of fused-ring (bicyclic) bond motifs is 1. The number of rotatable bonds is 3. The molecule has 1 amide bonds. The van der Waals surface area contributed by atoms with E-state index in [2.05, 4.69) is 10.2 Å². The molecule has 3 rings (SSSR count). The van der Waals surface area contributed by atoms with Crippen molar-refractivity contribution in [2.24, 2.45) is 0 Å². The second-order valence-corrected chi connectivity index (χ2v) is 5.72. The number of Topliss-reactive ketones (excluding diaryl/α,β-unsaturated/α-hetero) is 1. The first kappa shape index (κ1) is 15.0. The zero-order chi connectivity index (χ0) is 15.7. The van der Waals surface area contributed by atoms with E-state index in [-0.39, 0.29) is 23.5 Å². The molecule has 2 aliphatic rings. The van der Waals surface area contributed by atoms with Crippen LogP contribution in [0, 0.1) is 0 Å². The highest BCUT2D eigenvalue weighted by molar-refractivity contribution is 6.05. The molecule has 1 saturated heterocycles. The van der Waals surface area contributed by atoms with Crippen molar-refractivity contribution < 1.29 is 19.4 Å². The maximum Gasteiger partial charge on any atom is 0.224 e. The van der Waals surface area contributed by atoms with Crippen LogP contribution in [0.3, 0.4) is 0 Å². The number of phenols is 1. The first-order valence-corrected chi connectivity index (χ1v) is 7.58. The summed E-state index contributed by atoms with van der Waals surface area (Å²) in [5.41, 5.74) is 1.72.